The first-order valence-corrected chi connectivity index (χ1v) is 4.96. The number of halogens is 4. The van der Waals surface area contributed by atoms with Crippen molar-refractivity contribution in [2.75, 3.05) is 19.0 Å². The van der Waals surface area contributed by atoms with Crippen LogP contribution in [0.15, 0.2) is 0 Å². The fourth-order valence-electron chi connectivity index (χ4n) is 1.48. The highest BCUT2D eigenvalue weighted by molar-refractivity contribution is 6.18. The summed E-state index contributed by atoms with van der Waals surface area (Å²) < 4.78 is 37.1. The third kappa shape index (κ3) is 2.55. The first kappa shape index (κ1) is 12.6. The lowest BCUT2D eigenvalue weighted by Gasteiger charge is -2.25. The van der Waals surface area contributed by atoms with E-state index in [0.29, 0.717) is 0 Å². The first-order valence-electron chi connectivity index (χ1n) is 4.43. The molecule has 1 fully saturated rings. The van der Waals surface area contributed by atoms with Gasteiger partial charge in [-0.15, -0.1) is 11.6 Å². The lowest BCUT2D eigenvalue weighted by molar-refractivity contribution is -0.253. The van der Waals surface area contributed by atoms with Crippen LogP contribution in [0.5, 0.6) is 0 Å². The highest BCUT2D eigenvalue weighted by Gasteiger charge is 2.57. The molecule has 0 unspecified atom stereocenters. The van der Waals surface area contributed by atoms with Crippen molar-refractivity contribution in [1.82, 2.24) is 4.90 Å². The van der Waals surface area contributed by atoms with E-state index in [2.05, 4.69) is 0 Å². The van der Waals surface area contributed by atoms with E-state index in [4.69, 9.17) is 11.6 Å². The Hall–Kier alpha value is -0.490. The standard InChI is InChI=1S/C8H11ClF3NO2/c9-3-1-6(14)13-4-2-7(15,5-13)8(10,11)12/h15H,1-5H2/t7-/m1/s1. The monoisotopic (exact) mass is 245 g/mol. The van der Waals surface area contributed by atoms with Gasteiger partial charge in [0.1, 0.15) is 0 Å². The summed E-state index contributed by atoms with van der Waals surface area (Å²) in [6, 6.07) is 0. The lowest BCUT2D eigenvalue weighted by Crippen LogP contribution is -2.48. The minimum Gasteiger partial charge on any atom is -0.379 e. The molecule has 1 heterocycles. The predicted molar refractivity (Wildman–Crippen MR) is 47.5 cm³/mol. The van der Waals surface area contributed by atoms with E-state index in [1.165, 1.54) is 0 Å². The molecule has 0 spiro atoms. The summed E-state index contributed by atoms with van der Waals surface area (Å²) in [7, 11) is 0. The second kappa shape index (κ2) is 4.17. The van der Waals surface area contributed by atoms with Crippen LogP contribution >= 0.6 is 11.6 Å². The van der Waals surface area contributed by atoms with Crippen LogP contribution in [0, 0.1) is 0 Å². The number of hydrogen-bond donors (Lipinski definition) is 1. The second-order valence-electron chi connectivity index (χ2n) is 3.53. The van der Waals surface area contributed by atoms with Crippen LogP contribution in [0.3, 0.4) is 0 Å². The van der Waals surface area contributed by atoms with Gasteiger partial charge in [-0.3, -0.25) is 4.79 Å². The fraction of sp³-hybridized carbons (Fsp3) is 0.875. The number of amides is 1. The molecular weight excluding hydrogens is 235 g/mol. The molecule has 1 saturated heterocycles. The van der Waals surface area contributed by atoms with E-state index in [0.717, 1.165) is 4.90 Å². The van der Waals surface area contributed by atoms with Crippen LogP contribution in [-0.4, -0.2) is 46.7 Å². The maximum absolute atomic E-state index is 12.4. The van der Waals surface area contributed by atoms with E-state index in [9.17, 15) is 23.1 Å². The van der Waals surface area contributed by atoms with Crippen molar-refractivity contribution in [2.24, 2.45) is 0 Å². The van der Waals surface area contributed by atoms with Crippen LogP contribution < -0.4 is 0 Å². The van der Waals surface area contributed by atoms with E-state index >= 15 is 0 Å². The molecule has 1 N–H and O–H groups in total. The average Bonchev–Trinajstić information content (AvgIpc) is 2.48. The van der Waals surface area contributed by atoms with Crippen LogP contribution in [-0.2, 0) is 4.79 Å². The number of rotatable bonds is 2. The topological polar surface area (TPSA) is 40.5 Å². The van der Waals surface area contributed by atoms with Gasteiger partial charge in [0, 0.05) is 25.3 Å². The van der Waals surface area contributed by atoms with Gasteiger partial charge in [-0.2, -0.15) is 13.2 Å². The van der Waals surface area contributed by atoms with Crippen LogP contribution in [0.4, 0.5) is 13.2 Å². The first-order chi connectivity index (χ1) is 6.80. The van der Waals surface area contributed by atoms with E-state index < -0.39 is 30.7 Å². The van der Waals surface area contributed by atoms with Crippen LogP contribution in [0.1, 0.15) is 12.8 Å². The van der Waals surface area contributed by atoms with Crippen molar-refractivity contribution in [3.8, 4) is 0 Å². The Kier molecular flexibility index (Phi) is 3.50. The largest absolute Gasteiger partial charge is 0.419 e. The Labute approximate surface area is 89.8 Å². The second-order valence-corrected chi connectivity index (χ2v) is 3.91. The summed E-state index contributed by atoms with van der Waals surface area (Å²) >= 11 is 5.30. The molecule has 0 aromatic carbocycles. The normalized spacial score (nSPS) is 27.1. The Bertz CT molecular complexity index is 259. The Balaban J connectivity index is 2.63. The zero-order chi connectivity index (χ0) is 11.7. The number of likely N-dealkylation sites (tertiary alicyclic amines) is 1. The number of alkyl halides is 4. The number of hydrogen-bond acceptors (Lipinski definition) is 2. The van der Waals surface area contributed by atoms with Crippen molar-refractivity contribution in [3.63, 3.8) is 0 Å². The summed E-state index contributed by atoms with van der Waals surface area (Å²) in [6.45, 7) is -0.766. The molecule has 1 aliphatic rings. The van der Waals surface area contributed by atoms with Gasteiger partial charge in [-0.25, -0.2) is 0 Å². The fourth-order valence-corrected chi connectivity index (χ4v) is 1.64. The number of carbonyl (C=O) groups excluding carboxylic acids is 1. The minimum atomic E-state index is -4.69. The highest BCUT2D eigenvalue weighted by atomic mass is 35.5. The Morgan fingerprint density at radius 1 is 1.53 bits per heavy atom. The molecule has 7 heteroatoms. The van der Waals surface area contributed by atoms with Crippen molar-refractivity contribution < 1.29 is 23.1 Å². The molecule has 0 saturated carbocycles. The number of nitrogens with zero attached hydrogens (tertiary/aromatic N) is 1. The average molecular weight is 246 g/mol. The zero-order valence-electron chi connectivity index (χ0n) is 7.85. The van der Waals surface area contributed by atoms with Crippen LogP contribution in [0.2, 0.25) is 0 Å². The van der Waals surface area contributed by atoms with Gasteiger partial charge < -0.3 is 10.0 Å². The minimum absolute atomic E-state index is 0.00447. The van der Waals surface area contributed by atoms with Gasteiger partial charge in [-0.05, 0) is 0 Å². The smallest absolute Gasteiger partial charge is 0.379 e. The number of carbonyl (C=O) groups is 1. The van der Waals surface area contributed by atoms with Crippen molar-refractivity contribution in [2.45, 2.75) is 24.6 Å². The van der Waals surface area contributed by atoms with E-state index in [1.807, 2.05) is 0 Å². The molecule has 3 nitrogen and oxygen atoms in total. The molecule has 15 heavy (non-hydrogen) atoms. The molecule has 0 radical (unpaired) electrons. The molecule has 1 atom stereocenters. The summed E-state index contributed by atoms with van der Waals surface area (Å²) in [5.74, 6) is -0.384. The molecule has 88 valence electrons. The number of aliphatic hydroxyl groups is 1. The number of β-amino-alcohol motifs (C(OH)–C–C–N with tert-alkyl or cyclic N) is 1. The van der Waals surface area contributed by atoms with Crippen LogP contribution in [0.25, 0.3) is 0 Å². The quantitative estimate of drug-likeness (QED) is 0.742. The molecule has 1 rings (SSSR count). The molecular formula is C8H11ClF3NO2. The maximum Gasteiger partial charge on any atom is 0.419 e. The molecule has 0 bridgehead atoms. The van der Waals surface area contributed by atoms with Gasteiger partial charge >= 0.3 is 6.18 Å². The van der Waals surface area contributed by atoms with E-state index in [1.54, 1.807) is 0 Å². The molecule has 0 aromatic heterocycles. The van der Waals surface area contributed by atoms with Crippen molar-refractivity contribution in [3.05, 3.63) is 0 Å². The summed E-state index contributed by atoms with van der Waals surface area (Å²) in [4.78, 5) is 12.2. The zero-order valence-corrected chi connectivity index (χ0v) is 8.61. The summed E-state index contributed by atoms with van der Waals surface area (Å²) in [5, 5.41) is 9.26. The lowest BCUT2D eigenvalue weighted by atomic mass is 10.0. The van der Waals surface area contributed by atoms with E-state index in [-0.39, 0.29) is 18.8 Å². The maximum atomic E-state index is 12.4. The Morgan fingerprint density at radius 3 is 2.53 bits per heavy atom. The Morgan fingerprint density at radius 2 is 2.13 bits per heavy atom. The third-order valence-corrected chi connectivity index (χ3v) is 2.63. The molecule has 0 aliphatic carbocycles. The highest BCUT2D eigenvalue weighted by Crippen LogP contribution is 2.37. The molecule has 1 aliphatic heterocycles. The van der Waals surface area contributed by atoms with Gasteiger partial charge in [0.15, 0.2) is 5.60 Å². The summed E-state index contributed by atoms with van der Waals surface area (Å²) in [5.41, 5.74) is -2.75. The van der Waals surface area contributed by atoms with Gasteiger partial charge in [-0.1, -0.05) is 0 Å². The molecule has 0 aromatic rings. The van der Waals surface area contributed by atoms with Crippen molar-refractivity contribution in [1.29, 1.82) is 0 Å². The SMILES string of the molecule is O=C(CCCl)N1CC[C@](O)(C(F)(F)F)C1. The van der Waals surface area contributed by atoms with Gasteiger partial charge in [0.2, 0.25) is 5.91 Å². The third-order valence-electron chi connectivity index (χ3n) is 2.44. The molecule has 1 amide bonds. The summed E-state index contributed by atoms with van der Waals surface area (Å²) in [6.07, 6.45) is -5.16. The van der Waals surface area contributed by atoms with Gasteiger partial charge in [0.05, 0.1) is 6.54 Å². The van der Waals surface area contributed by atoms with Gasteiger partial charge in [0.25, 0.3) is 0 Å². The predicted octanol–water partition coefficient (Wildman–Crippen LogP) is 1.14. The van der Waals surface area contributed by atoms with Crippen molar-refractivity contribution >= 4 is 17.5 Å².